The fourth-order valence-electron chi connectivity index (χ4n) is 4.23. The number of anilines is 1. The quantitative estimate of drug-likeness (QED) is 0.562. The van der Waals surface area contributed by atoms with E-state index in [9.17, 15) is 8.42 Å². The number of pyridine rings is 1. The Morgan fingerprint density at radius 3 is 2.26 bits per heavy atom. The molecule has 3 heterocycles. The summed E-state index contributed by atoms with van der Waals surface area (Å²) < 4.78 is 29.1. The van der Waals surface area contributed by atoms with Crippen LogP contribution in [0.1, 0.15) is 0 Å². The van der Waals surface area contributed by atoms with Crippen molar-refractivity contribution in [2.24, 2.45) is 17.8 Å². The number of sulfone groups is 1. The van der Waals surface area contributed by atoms with Crippen LogP contribution in [-0.2, 0) is 9.84 Å². The van der Waals surface area contributed by atoms with Crippen LogP contribution < -0.4 is 9.64 Å². The number of piperidine rings is 1. The van der Waals surface area contributed by atoms with E-state index in [1.54, 1.807) is 42.9 Å². The molecule has 160 valence electrons. The van der Waals surface area contributed by atoms with Crippen LogP contribution in [0.15, 0.2) is 59.9 Å². The Hall–Kier alpha value is -2.71. The van der Waals surface area contributed by atoms with Crippen molar-refractivity contribution in [2.45, 2.75) is 4.90 Å². The Kier molecular flexibility index (Phi) is 5.06. The van der Waals surface area contributed by atoms with Gasteiger partial charge in [0.1, 0.15) is 5.75 Å². The largest absolute Gasteiger partial charge is 0.492 e. The van der Waals surface area contributed by atoms with Gasteiger partial charge in [0.05, 0.1) is 40.8 Å². The lowest BCUT2D eigenvalue weighted by Gasteiger charge is -2.19. The predicted molar refractivity (Wildman–Crippen MR) is 118 cm³/mol. The molecule has 0 bridgehead atoms. The van der Waals surface area contributed by atoms with Gasteiger partial charge in [-0.3, -0.25) is 4.98 Å². The Bertz CT molecular complexity index is 1170. The number of nitrogens with zero attached hydrogens (tertiary/aromatic N) is 4. The SMILES string of the molecule is CS(=O)(=O)c1ccc(-c2ccc(OCC3C4CN(c5ncc(Cl)cn5)C[C@@H]34)cn2)cc1. The highest BCUT2D eigenvalue weighted by Crippen LogP contribution is 2.52. The monoisotopic (exact) mass is 456 g/mol. The van der Waals surface area contributed by atoms with E-state index in [0.717, 1.165) is 36.0 Å². The summed E-state index contributed by atoms with van der Waals surface area (Å²) in [7, 11) is -3.20. The first kappa shape index (κ1) is 20.2. The van der Waals surface area contributed by atoms with Gasteiger partial charge < -0.3 is 9.64 Å². The fourth-order valence-corrected chi connectivity index (χ4v) is 4.96. The summed E-state index contributed by atoms with van der Waals surface area (Å²) in [6.45, 7) is 2.57. The van der Waals surface area contributed by atoms with Gasteiger partial charge in [0.15, 0.2) is 9.84 Å². The highest BCUT2D eigenvalue weighted by Gasteiger charge is 2.56. The molecule has 0 amide bonds. The minimum Gasteiger partial charge on any atom is -0.492 e. The molecule has 2 fully saturated rings. The maximum absolute atomic E-state index is 11.6. The zero-order valence-corrected chi connectivity index (χ0v) is 18.4. The summed E-state index contributed by atoms with van der Waals surface area (Å²) in [6.07, 6.45) is 6.17. The average Bonchev–Trinajstić information content (AvgIpc) is 3.21. The predicted octanol–water partition coefficient (Wildman–Crippen LogP) is 3.36. The molecule has 9 heteroatoms. The van der Waals surface area contributed by atoms with Gasteiger partial charge in [0.2, 0.25) is 5.95 Å². The topological polar surface area (TPSA) is 85.3 Å². The molecule has 2 aromatic heterocycles. The molecule has 7 nitrogen and oxygen atoms in total. The van der Waals surface area contributed by atoms with Crippen LogP contribution in [0, 0.1) is 17.8 Å². The number of fused-ring (bicyclic) bond motifs is 1. The van der Waals surface area contributed by atoms with Crippen molar-refractivity contribution >= 4 is 27.4 Å². The summed E-state index contributed by atoms with van der Waals surface area (Å²) in [6, 6.07) is 10.5. The van der Waals surface area contributed by atoms with Gasteiger partial charge in [-0.2, -0.15) is 0 Å². The zero-order chi connectivity index (χ0) is 21.6. The minimum atomic E-state index is -3.20. The van der Waals surface area contributed by atoms with Crippen LogP contribution in [0.25, 0.3) is 11.3 Å². The Morgan fingerprint density at radius 1 is 1.00 bits per heavy atom. The summed E-state index contributed by atoms with van der Waals surface area (Å²) in [5.74, 6) is 3.24. The maximum Gasteiger partial charge on any atom is 0.225 e. The molecule has 1 saturated carbocycles. The molecule has 1 saturated heterocycles. The van der Waals surface area contributed by atoms with Gasteiger partial charge in [-0.25, -0.2) is 18.4 Å². The van der Waals surface area contributed by atoms with Gasteiger partial charge in [-0.15, -0.1) is 0 Å². The van der Waals surface area contributed by atoms with Crippen LogP contribution in [0.4, 0.5) is 5.95 Å². The van der Waals surface area contributed by atoms with Gasteiger partial charge in [-0.05, 0) is 36.1 Å². The summed E-state index contributed by atoms with van der Waals surface area (Å²) in [5, 5.41) is 0.546. The maximum atomic E-state index is 11.6. The number of hydrogen-bond donors (Lipinski definition) is 0. The highest BCUT2D eigenvalue weighted by molar-refractivity contribution is 7.90. The lowest BCUT2D eigenvalue weighted by molar-refractivity contribution is 0.282. The second-order valence-corrected chi connectivity index (χ2v) is 10.5. The van der Waals surface area contributed by atoms with Crippen molar-refractivity contribution < 1.29 is 13.2 Å². The van der Waals surface area contributed by atoms with Crippen LogP contribution in [0.2, 0.25) is 5.02 Å². The van der Waals surface area contributed by atoms with Crippen molar-refractivity contribution in [3.05, 3.63) is 60.0 Å². The second-order valence-electron chi connectivity index (χ2n) is 8.08. The Morgan fingerprint density at radius 2 is 1.68 bits per heavy atom. The van der Waals surface area contributed by atoms with Crippen molar-refractivity contribution in [1.82, 2.24) is 15.0 Å². The van der Waals surface area contributed by atoms with E-state index in [1.165, 1.54) is 6.26 Å². The van der Waals surface area contributed by atoms with E-state index in [4.69, 9.17) is 16.3 Å². The van der Waals surface area contributed by atoms with Gasteiger partial charge in [0.25, 0.3) is 0 Å². The standard InChI is InChI=1S/C22H21ClN4O3S/c1-31(28,29)17-5-2-14(3-6-17)21-7-4-16(10-24-21)30-13-20-18-11-27(12-19(18)20)22-25-8-15(23)9-26-22/h2-10,18-20H,11-13H2,1H3/t18-,19?,20?/m1/s1. The molecule has 31 heavy (non-hydrogen) atoms. The highest BCUT2D eigenvalue weighted by atomic mass is 35.5. The van der Waals surface area contributed by atoms with Crippen molar-refractivity contribution in [1.29, 1.82) is 0 Å². The summed E-state index contributed by atoms with van der Waals surface area (Å²) in [4.78, 5) is 15.6. The molecule has 0 spiro atoms. The smallest absolute Gasteiger partial charge is 0.225 e. The number of halogens is 1. The van der Waals surface area contributed by atoms with Crippen LogP contribution in [0.3, 0.4) is 0 Å². The van der Waals surface area contributed by atoms with Gasteiger partial charge in [0, 0.05) is 30.8 Å². The second kappa shape index (κ2) is 7.76. The lowest BCUT2D eigenvalue weighted by atomic mass is 10.1. The average molecular weight is 457 g/mol. The molecular weight excluding hydrogens is 436 g/mol. The molecule has 5 rings (SSSR count). The van der Waals surface area contributed by atoms with Crippen LogP contribution in [0.5, 0.6) is 5.75 Å². The first-order chi connectivity index (χ1) is 14.9. The third-order valence-corrected chi connectivity index (χ3v) is 7.34. The first-order valence-corrected chi connectivity index (χ1v) is 12.3. The molecule has 3 aromatic rings. The molecular formula is C22H21ClN4O3S. The molecule has 3 atom stereocenters. The van der Waals surface area contributed by atoms with Crippen LogP contribution >= 0.6 is 11.6 Å². The summed E-state index contributed by atoms with van der Waals surface area (Å²) in [5.41, 5.74) is 1.63. The third-order valence-electron chi connectivity index (χ3n) is 6.02. The molecule has 0 N–H and O–H groups in total. The van der Waals surface area contributed by atoms with E-state index in [-0.39, 0.29) is 0 Å². The number of aromatic nitrogens is 3. The Balaban J connectivity index is 1.14. The molecule has 0 radical (unpaired) electrons. The van der Waals surface area contributed by atoms with Gasteiger partial charge in [-0.1, -0.05) is 23.7 Å². The number of hydrogen-bond acceptors (Lipinski definition) is 7. The molecule has 1 aliphatic carbocycles. The molecule has 2 unspecified atom stereocenters. The fraction of sp³-hybridized carbons (Fsp3) is 0.318. The summed E-state index contributed by atoms with van der Waals surface area (Å²) >= 11 is 5.86. The van der Waals surface area contributed by atoms with Crippen LogP contribution in [-0.4, -0.2) is 49.3 Å². The van der Waals surface area contributed by atoms with E-state index >= 15 is 0 Å². The van der Waals surface area contributed by atoms with Crippen molar-refractivity contribution in [3.63, 3.8) is 0 Å². The first-order valence-electron chi connectivity index (χ1n) is 10.0. The van der Waals surface area contributed by atoms with E-state index in [1.807, 2.05) is 12.1 Å². The number of ether oxygens (including phenoxy) is 1. The van der Waals surface area contributed by atoms with E-state index in [0.29, 0.717) is 34.3 Å². The lowest BCUT2D eigenvalue weighted by Crippen LogP contribution is -2.27. The third kappa shape index (κ3) is 4.22. The van der Waals surface area contributed by atoms with Crippen molar-refractivity contribution in [2.75, 3.05) is 30.9 Å². The minimum absolute atomic E-state index is 0.298. The van der Waals surface area contributed by atoms with Gasteiger partial charge >= 0.3 is 0 Å². The normalized spacial score (nSPS) is 22.3. The molecule has 1 aliphatic heterocycles. The van der Waals surface area contributed by atoms with E-state index < -0.39 is 9.84 Å². The molecule has 2 aliphatic rings. The Labute approximate surface area is 186 Å². The molecule has 1 aromatic carbocycles. The number of rotatable bonds is 6. The van der Waals surface area contributed by atoms with E-state index in [2.05, 4.69) is 19.9 Å². The van der Waals surface area contributed by atoms with Crippen molar-refractivity contribution in [3.8, 4) is 17.0 Å². The number of benzene rings is 1. The zero-order valence-electron chi connectivity index (χ0n) is 16.8.